The first-order chi connectivity index (χ1) is 7.99. The Hall–Kier alpha value is -0.880. The molecule has 17 heavy (non-hydrogen) atoms. The van der Waals surface area contributed by atoms with Gasteiger partial charge >= 0.3 is 0 Å². The third kappa shape index (κ3) is 5.32. The molecule has 6 heteroatoms. The van der Waals surface area contributed by atoms with Crippen LogP contribution in [0.2, 0.25) is 0 Å². The smallest absolute Gasteiger partial charge is 0.242 e. The zero-order valence-electron chi connectivity index (χ0n) is 9.75. The first-order valence-electron chi connectivity index (χ1n) is 5.28. The molecule has 1 rings (SSSR count). The van der Waals surface area contributed by atoms with Crippen LogP contribution < -0.4 is 10.6 Å². The Balaban J connectivity index is 2.26. The minimum Gasteiger partial charge on any atom is -0.354 e. The predicted molar refractivity (Wildman–Crippen MR) is 72.0 cm³/mol. The molecule has 2 amide bonds. The topological polar surface area (TPSA) is 58.2 Å². The van der Waals surface area contributed by atoms with E-state index in [2.05, 4.69) is 26.6 Å². The number of hydrogen-bond donors (Lipinski definition) is 2. The summed E-state index contributed by atoms with van der Waals surface area (Å²) in [6.45, 7) is 3.64. The lowest BCUT2D eigenvalue weighted by Gasteiger charge is -2.12. The summed E-state index contributed by atoms with van der Waals surface area (Å²) in [4.78, 5) is 23.5. The van der Waals surface area contributed by atoms with E-state index in [1.54, 1.807) is 18.3 Å². The Labute approximate surface area is 113 Å². The molecule has 0 aromatic carbocycles. The molecule has 1 aromatic heterocycles. The number of nitrogens with one attached hydrogen (secondary N) is 2. The summed E-state index contributed by atoms with van der Waals surface area (Å²) in [5.74, 6) is -0.356. The van der Waals surface area contributed by atoms with E-state index >= 15 is 0 Å². The Kier molecular flexibility index (Phi) is 5.64. The van der Waals surface area contributed by atoms with Gasteiger partial charge in [0, 0.05) is 18.3 Å². The maximum atomic E-state index is 11.5. The van der Waals surface area contributed by atoms with Crippen LogP contribution >= 0.6 is 27.3 Å². The van der Waals surface area contributed by atoms with Crippen molar-refractivity contribution in [1.29, 1.82) is 0 Å². The molecule has 1 heterocycles. The SMILES string of the molecule is CC(=O)NC(C)C(=O)NCCc1ccc(Br)s1. The number of hydrogen-bond acceptors (Lipinski definition) is 3. The molecule has 1 aromatic rings. The van der Waals surface area contributed by atoms with Crippen LogP contribution in [0.5, 0.6) is 0 Å². The number of rotatable bonds is 5. The fourth-order valence-electron chi connectivity index (χ4n) is 1.32. The van der Waals surface area contributed by atoms with Crippen LogP contribution in [0.3, 0.4) is 0 Å². The minimum absolute atomic E-state index is 0.157. The molecule has 4 nitrogen and oxygen atoms in total. The number of thiophene rings is 1. The molecule has 0 saturated carbocycles. The van der Waals surface area contributed by atoms with Crippen LogP contribution in [0.15, 0.2) is 15.9 Å². The highest BCUT2D eigenvalue weighted by Crippen LogP contribution is 2.21. The maximum Gasteiger partial charge on any atom is 0.242 e. The molecule has 0 aliphatic heterocycles. The molecule has 1 atom stereocenters. The van der Waals surface area contributed by atoms with Crippen molar-refractivity contribution in [2.45, 2.75) is 26.3 Å². The Morgan fingerprint density at radius 3 is 2.71 bits per heavy atom. The fourth-order valence-corrected chi connectivity index (χ4v) is 2.80. The molecular formula is C11H15BrN2O2S. The van der Waals surface area contributed by atoms with Crippen molar-refractivity contribution in [3.63, 3.8) is 0 Å². The Bertz CT molecular complexity index is 406. The number of carbonyl (C=O) groups excluding carboxylic acids is 2. The van der Waals surface area contributed by atoms with Crippen LogP contribution in [0.25, 0.3) is 0 Å². The van der Waals surface area contributed by atoms with E-state index < -0.39 is 6.04 Å². The van der Waals surface area contributed by atoms with Crippen LogP contribution in [0, 0.1) is 0 Å². The molecule has 0 aliphatic carbocycles. The molecule has 0 aliphatic rings. The summed E-state index contributed by atoms with van der Waals surface area (Å²) in [5, 5.41) is 5.32. The Morgan fingerprint density at radius 1 is 1.47 bits per heavy atom. The molecule has 2 N–H and O–H groups in total. The van der Waals surface area contributed by atoms with Crippen molar-refractivity contribution in [2.75, 3.05) is 6.54 Å². The molecule has 94 valence electrons. The standard InChI is InChI=1S/C11H15BrN2O2S/c1-7(14-8(2)15)11(16)13-6-5-9-3-4-10(12)17-9/h3-4,7H,5-6H2,1-2H3,(H,13,16)(H,14,15). The van der Waals surface area contributed by atoms with Gasteiger partial charge in [-0.3, -0.25) is 9.59 Å². The van der Waals surface area contributed by atoms with E-state index in [4.69, 9.17) is 0 Å². The maximum absolute atomic E-state index is 11.5. The number of carbonyl (C=O) groups is 2. The van der Waals surface area contributed by atoms with Gasteiger partial charge in [-0.15, -0.1) is 11.3 Å². The minimum atomic E-state index is -0.484. The van der Waals surface area contributed by atoms with Gasteiger partial charge in [0.15, 0.2) is 0 Å². The van der Waals surface area contributed by atoms with Crippen molar-refractivity contribution < 1.29 is 9.59 Å². The monoisotopic (exact) mass is 318 g/mol. The van der Waals surface area contributed by atoms with E-state index in [0.29, 0.717) is 6.54 Å². The summed E-state index contributed by atoms with van der Waals surface area (Å²) in [5.41, 5.74) is 0. The zero-order valence-corrected chi connectivity index (χ0v) is 12.2. The van der Waals surface area contributed by atoms with Gasteiger partial charge < -0.3 is 10.6 Å². The summed E-state index contributed by atoms with van der Waals surface area (Å²) in [6, 6.07) is 3.53. The molecule has 0 bridgehead atoms. The first kappa shape index (κ1) is 14.2. The largest absolute Gasteiger partial charge is 0.354 e. The molecule has 0 saturated heterocycles. The zero-order chi connectivity index (χ0) is 12.8. The van der Waals surface area contributed by atoms with Crippen LogP contribution in [-0.4, -0.2) is 24.4 Å². The molecule has 0 fully saturated rings. The molecule has 0 radical (unpaired) electrons. The van der Waals surface area contributed by atoms with Crippen molar-refractivity contribution >= 4 is 39.1 Å². The highest BCUT2D eigenvalue weighted by molar-refractivity contribution is 9.11. The van der Waals surface area contributed by atoms with Gasteiger partial charge in [0.05, 0.1) is 3.79 Å². The van der Waals surface area contributed by atoms with Gasteiger partial charge in [-0.1, -0.05) is 0 Å². The van der Waals surface area contributed by atoms with Crippen molar-refractivity contribution in [3.05, 3.63) is 20.8 Å². The third-order valence-corrected chi connectivity index (χ3v) is 3.80. The van der Waals surface area contributed by atoms with Crippen LogP contribution in [0.1, 0.15) is 18.7 Å². The highest BCUT2D eigenvalue weighted by Gasteiger charge is 2.12. The lowest BCUT2D eigenvalue weighted by Crippen LogP contribution is -2.44. The fraction of sp³-hybridized carbons (Fsp3) is 0.455. The van der Waals surface area contributed by atoms with E-state index in [1.165, 1.54) is 11.8 Å². The van der Waals surface area contributed by atoms with E-state index in [0.717, 1.165) is 10.2 Å². The van der Waals surface area contributed by atoms with E-state index in [9.17, 15) is 9.59 Å². The third-order valence-electron chi connectivity index (χ3n) is 2.11. The van der Waals surface area contributed by atoms with Crippen molar-refractivity contribution in [2.24, 2.45) is 0 Å². The Morgan fingerprint density at radius 2 is 2.18 bits per heavy atom. The second-order valence-corrected chi connectivity index (χ2v) is 6.22. The van der Waals surface area contributed by atoms with E-state index in [-0.39, 0.29) is 11.8 Å². The molecule has 0 spiro atoms. The highest BCUT2D eigenvalue weighted by atomic mass is 79.9. The summed E-state index contributed by atoms with van der Waals surface area (Å²) < 4.78 is 1.09. The number of halogens is 1. The summed E-state index contributed by atoms with van der Waals surface area (Å²) >= 11 is 5.04. The normalized spacial score (nSPS) is 11.9. The van der Waals surface area contributed by atoms with Crippen LogP contribution in [-0.2, 0) is 16.0 Å². The lowest BCUT2D eigenvalue weighted by atomic mass is 10.3. The summed E-state index contributed by atoms with van der Waals surface area (Å²) in [6.07, 6.45) is 0.800. The molecule has 1 unspecified atom stereocenters. The van der Waals surface area contributed by atoms with E-state index in [1.807, 2.05) is 12.1 Å². The number of amides is 2. The quantitative estimate of drug-likeness (QED) is 0.868. The van der Waals surface area contributed by atoms with Gasteiger partial charge in [-0.2, -0.15) is 0 Å². The molecular weight excluding hydrogens is 304 g/mol. The van der Waals surface area contributed by atoms with Gasteiger partial charge in [0.2, 0.25) is 11.8 Å². The van der Waals surface area contributed by atoms with Gasteiger partial charge in [-0.25, -0.2) is 0 Å². The second-order valence-electron chi connectivity index (χ2n) is 3.67. The predicted octanol–water partition coefficient (Wildman–Crippen LogP) is 1.69. The van der Waals surface area contributed by atoms with Crippen molar-refractivity contribution in [1.82, 2.24) is 10.6 Å². The van der Waals surface area contributed by atoms with Gasteiger partial charge in [-0.05, 0) is 41.4 Å². The van der Waals surface area contributed by atoms with Crippen molar-refractivity contribution in [3.8, 4) is 0 Å². The first-order valence-corrected chi connectivity index (χ1v) is 6.89. The lowest BCUT2D eigenvalue weighted by molar-refractivity contribution is -0.127. The van der Waals surface area contributed by atoms with Crippen LogP contribution in [0.4, 0.5) is 0 Å². The average molecular weight is 319 g/mol. The van der Waals surface area contributed by atoms with Gasteiger partial charge in [0.1, 0.15) is 6.04 Å². The second kappa shape index (κ2) is 6.76. The average Bonchev–Trinajstić information content (AvgIpc) is 2.63. The van der Waals surface area contributed by atoms with Gasteiger partial charge in [0.25, 0.3) is 0 Å². The summed E-state index contributed by atoms with van der Waals surface area (Å²) in [7, 11) is 0.